The third-order valence-corrected chi connectivity index (χ3v) is 3.34. The lowest BCUT2D eigenvalue weighted by Gasteiger charge is -2.07. The van der Waals surface area contributed by atoms with Crippen molar-refractivity contribution in [2.24, 2.45) is 5.10 Å². The maximum absolute atomic E-state index is 5.19. The summed E-state index contributed by atoms with van der Waals surface area (Å²) in [6.45, 7) is 4.81. The molecule has 0 atom stereocenters. The Hall–Kier alpha value is -2.20. The van der Waals surface area contributed by atoms with Gasteiger partial charge in [-0.25, -0.2) is 0 Å². The number of aryl methyl sites for hydroxylation is 2. The van der Waals surface area contributed by atoms with Crippen molar-refractivity contribution in [1.29, 1.82) is 0 Å². The van der Waals surface area contributed by atoms with Crippen molar-refractivity contribution in [3.05, 3.63) is 70.8 Å². The number of hydrogen-bond donors (Lipinski definition) is 2. The van der Waals surface area contributed by atoms with Gasteiger partial charge in [0, 0.05) is 6.54 Å². The second-order valence-corrected chi connectivity index (χ2v) is 5.31. The van der Waals surface area contributed by atoms with E-state index >= 15 is 0 Å². The van der Waals surface area contributed by atoms with Gasteiger partial charge in [-0.1, -0.05) is 54.1 Å². The molecule has 108 valence electrons. The zero-order valence-electron chi connectivity index (χ0n) is 12.3. The summed E-state index contributed by atoms with van der Waals surface area (Å²) in [7, 11) is 0. The van der Waals surface area contributed by atoms with Gasteiger partial charge in [-0.05, 0) is 42.8 Å². The fourth-order valence-corrected chi connectivity index (χ4v) is 2.00. The van der Waals surface area contributed by atoms with Crippen LogP contribution < -0.4 is 10.7 Å². The lowest BCUT2D eigenvalue weighted by atomic mass is 10.1. The molecule has 21 heavy (non-hydrogen) atoms. The third-order valence-electron chi connectivity index (χ3n) is 3.10. The molecule has 0 aliphatic heterocycles. The second kappa shape index (κ2) is 7.55. The summed E-state index contributed by atoms with van der Waals surface area (Å²) < 4.78 is 0. The Labute approximate surface area is 131 Å². The van der Waals surface area contributed by atoms with Gasteiger partial charge in [-0.2, -0.15) is 5.10 Å². The molecule has 0 radical (unpaired) electrons. The summed E-state index contributed by atoms with van der Waals surface area (Å²) in [4.78, 5) is 0. The van der Waals surface area contributed by atoms with E-state index in [1.807, 2.05) is 18.2 Å². The van der Waals surface area contributed by atoms with Crippen molar-refractivity contribution in [2.45, 2.75) is 20.4 Å². The molecule has 0 aromatic heterocycles. The smallest absolute Gasteiger partial charge is 0.187 e. The largest absolute Gasteiger partial charge is 0.357 e. The SMILES string of the molecule is Cc1ccc(C)c(/C=N/NC(=S)NCc2ccccc2)c1. The predicted molar refractivity (Wildman–Crippen MR) is 92.5 cm³/mol. The van der Waals surface area contributed by atoms with Gasteiger partial charge in [-0.15, -0.1) is 0 Å². The number of nitrogens with zero attached hydrogens (tertiary/aromatic N) is 1. The van der Waals surface area contributed by atoms with Crippen LogP contribution in [0.2, 0.25) is 0 Å². The quantitative estimate of drug-likeness (QED) is 0.516. The van der Waals surface area contributed by atoms with Crippen molar-refractivity contribution in [1.82, 2.24) is 10.7 Å². The fourth-order valence-electron chi connectivity index (χ4n) is 1.88. The second-order valence-electron chi connectivity index (χ2n) is 4.90. The Morgan fingerprint density at radius 3 is 2.67 bits per heavy atom. The standard InChI is InChI=1S/C17H19N3S/c1-13-8-9-14(2)16(10-13)12-19-20-17(21)18-11-15-6-4-3-5-7-15/h3-10,12H,11H2,1-2H3,(H2,18,20,21)/b19-12+. The van der Waals surface area contributed by atoms with Gasteiger partial charge in [0.15, 0.2) is 5.11 Å². The van der Waals surface area contributed by atoms with Gasteiger partial charge >= 0.3 is 0 Å². The van der Waals surface area contributed by atoms with E-state index in [1.54, 1.807) is 6.21 Å². The summed E-state index contributed by atoms with van der Waals surface area (Å²) in [5, 5.41) is 7.81. The van der Waals surface area contributed by atoms with Gasteiger partial charge < -0.3 is 5.32 Å². The van der Waals surface area contributed by atoms with E-state index in [0.29, 0.717) is 11.7 Å². The lowest BCUT2D eigenvalue weighted by Crippen LogP contribution is -2.31. The number of thiocarbonyl (C=S) groups is 1. The van der Waals surface area contributed by atoms with Crippen LogP contribution in [0.4, 0.5) is 0 Å². The summed E-state index contributed by atoms with van der Waals surface area (Å²) in [5.41, 5.74) is 7.51. The van der Waals surface area contributed by atoms with Gasteiger partial charge in [-0.3, -0.25) is 5.43 Å². The highest BCUT2D eigenvalue weighted by Gasteiger charge is 1.96. The first-order valence-electron chi connectivity index (χ1n) is 6.83. The number of hydrazone groups is 1. The number of benzene rings is 2. The van der Waals surface area contributed by atoms with Crippen molar-refractivity contribution < 1.29 is 0 Å². The van der Waals surface area contributed by atoms with Crippen LogP contribution in [0.3, 0.4) is 0 Å². The predicted octanol–water partition coefficient (Wildman–Crippen LogP) is 3.30. The zero-order chi connectivity index (χ0) is 15.1. The molecule has 0 saturated heterocycles. The van der Waals surface area contributed by atoms with Crippen LogP contribution in [0.25, 0.3) is 0 Å². The van der Waals surface area contributed by atoms with E-state index in [9.17, 15) is 0 Å². The third kappa shape index (κ3) is 5.00. The molecular weight excluding hydrogens is 278 g/mol. The van der Waals surface area contributed by atoms with E-state index in [2.05, 4.69) is 60.0 Å². The average Bonchev–Trinajstić information content (AvgIpc) is 2.50. The van der Waals surface area contributed by atoms with Gasteiger partial charge in [0.05, 0.1) is 6.21 Å². The normalized spacial score (nSPS) is 10.6. The molecule has 0 saturated carbocycles. The van der Waals surface area contributed by atoms with Gasteiger partial charge in [0.25, 0.3) is 0 Å². The Balaban J connectivity index is 1.83. The van der Waals surface area contributed by atoms with E-state index in [4.69, 9.17) is 12.2 Å². The van der Waals surface area contributed by atoms with E-state index < -0.39 is 0 Å². The molecular formula is C17H19N3S. The minimum atomic E-state index is 0.514. The topological polar surface area (TPSA) is 36.4 Å². The fraction of sp³-hybridized carbons (Fsp3) is 0.176. The van der Waals surface area contributed by atoms with Crippen molar-refractivity contribution in [3.63, 3.8) is 0 Å². The molecule has 3 nitrogen and oxygen atoms in total. The zero-order valence-corrected chi connectivity index (χ0v) is 13.1. The Bertz CT molecular complexity index is 636. The van der Waals surface area contributed by atoms with E-state index in [1.165, 1.54) is 16.7 Å². The molecule has 4 heteroatoms. The summed E-state index contributed by atoms with van der Waals surface area (Å²) in [6, 6.07) is 16.4. The molecule has 0 amide bonds. The monoisotopic (exact) mass is 297 g/mol. The molecule has 0 spiro atoms. The van der Waals surface area contributed by atoms with Crippen LogP contribution in [0.15, 0.2) is 53.6 Å². The first-order chi connectivity index (χ1) is 10.1. The minimum Gasteiger partial charge on any atom is -0.357 e. The molecule has 2 rings (SSSR count). The van der Waals surface area contributed by atoms with E-state index in [0.717, 1.165) is 5.56 Å². The van der Waals surface area contributed by atoms with Crippen LogP contribution in [-0.4, -0.2) is 11.3 Å². The summed E-state index contributed by atoms with van der Waals surface area (Å²) >= 11 is 5.19. The van der Waals surface area contributed by atoms with Gasteiger partial charge in [0.1, 0.15) is 0 Å². The highest BCUT2D eigenvalue weighted by Crippen LogP contribution is 2.07. The number of rotatable bonds is 4. The maximum Gasteiger partial charge on any atom is 0.187 e. The Kier molecular flexibility index (Phi) is 5.46. The molecule has 2 aromatic rings. The molecule has 2 N–H and O–H groups in total. The highest BCUT2D eigenvalue weighted by atomic mass is 32.1. The van der Waals surface area contributed by atoms with Gasteiger partial charge in [0.2, 0.25) is 0 Å². The number of nitrogens with one attached hydrogen (secondary N) is 2. The Morgan fingerprint density at radius 1 is 1.14 bits per heavy atom. The van der Waals surface area contributed by atoms with Crippen molar-refractivity contribution in [2.75, 3.05) is 0 Å². The van der Waals surface area contributed by atoms with Crippen LogP contribution >= 0.6 is 12.2 Å². The molecule has 0 aliphatic rings. The first kappa shape index (κ1) is 15.2. The van der Waals surface area contributed by atoms with Crippen LogP contribution in [-0.2, 0) is 6.54 Å². The first-order valence-corrected chi connectivity index (χ1v) is 7.24. The minimum absolute atomic E-state index is 0.514. The van der Waals surface area contributed by atoms with Crippen LogP contribution in [0.1, 0.15) is 22.3 Å². The lowest BCUT2D eigenvalue weighted by molar-refractivity contribution is 0.869. The molecule has 0 fully saturated rings. The number of hydrogen-bond acceptors (Lipinski definition) is 2. The van der Waals surface area contributed by atoms with Crippen LogP contribution in [0, 0.1) is 13.8 Å². The molecule has 0 unspecified atom stereocenters. The molecule has 2 aromatic carbocycles. The Morgan fingerprint density at radius 2 is 1.90 bits per heavy atom. The van der Waals surface area contributed by atoms with Crippen molar-refractivity contribution >= 4 is 23.5 Å². The molecule has 0 aliphatic carbocycles. The molecule has 0 bridgehead atoms. The van der Waals surface area contributed by atoms with Crippen molar-refractivity contribution in [3.8, 4) is 0 Å². The average molecular weight is 297 g/mol. The summed E-state index contributed by atoms with van der Waals surface area (Å²) in [6.07, 6.45) is 1.79. The molecule has 0 heterocycles. The highest BCUT2D eigenvalue weighted by molar-refractivity contribution is 7.80. The maximum atomic E-state index is 5.19. The summed E-state index contributed by atoms with van der Waals surface area (Å²) in [5.74, 6) is 0. The van der Waals surface area contributed by atoms with Crippen LogP contribution in [0.5, 0.6) is 0 Å². The van der Waals surface area contributed by atoms with E-state index in [-0.39, 0.29) is 0 Å².